The number of rotatable bonds is 6. The normalized spacial score (nSPS) is 18.6. The van der Waals surface area contributed by atoms with Crippen LogP contribution in [-0.4, -0.2) is 83.4 Å². The van der Waals surface area contributed by atoms with E-state index in [4.69, 9.17) is 41.1 Å². The van der Waals surface area contributed by atoms with Crippen LogP contribution in [0.25, 0.3) is 5.69 Å². The van der Waals surface area contributed by atoms with Crippen molar-refractivity contribution in [2.75, 3.05) is 73.0 Å². The average molecular weight is 603 g/mol. The Morgan fingerprint density at radius 1 is 0.907 bits per heavy atom. The highest BCUT2D eigenvalue weighted by Crippen LogP contribution is 2.36. The van der Waals surface area contributed by atoms with Gasteiger partial charge in [-0.05, 0) is 48.9 Å². The first-order valence-electron chi connectivity index (χ1n) is 14.2. The molecular weight excluding hydrogens is 572 g/mol. The Balaban J connectivity index is 1.17. The molecule has 13 nitrogen and oxygen atoms in total. The Bertz CT molecular complexity index is 1600. The molecule has 2 aromatic carbocycles. The maximum atomic E-state index is 12.7. The largest absolute Gasteiger partial charge is 0.378 e. The number of hydrogen-bond donors (Lipinski definition) is 3. The van der Waals surface area contributed by atoms with Crippen LogP contribution < -0.4 is 25.8 Å². The Morgan fingerprint density at radius 2 is 1.56 bits per heavy atom. The van der Waals surface area contributed by atoms with E-state index in [1.165, 1.54) is 0 Å². The standard InChI is InChI=1S/C29H31ClN10O3/c1-18-23-24(19-3-2-4-20(30)17-19)32-29(41)33-25(23)40(37-18)22-7-5-21(6-8-22)31-26-34-27(38-9-13-42-14-10-38)36-28(35-26)39-11-15-43-16-12-39/h2-8,17,24H,9-16H2,1H3,(H2,32,33,41)(H,31,34,35,36). The van der Waals surface area contributed by atoms with Crippen LogP contribution in [0.15, 0.2) is 48.5 Å². The molecule has 0 saturated carbocycles. The molecular formula is C29H31ClN10O3. The van der Waals surface area contributed by atoms with Crippen LogP contribution in [0.4, 0.5) is 34.1 Å². The van der Waals surface area contributed by atoms with Crippen molar-refractivity contribution in [2.24, 2.45) is 0 Å². The molecule has 222 valence electrons. The molecule has 1 atom stereocenters. The molecule has 0 bridgehead atoms. The molecule has 4 aromatic rings. The number of amides is 2. The molecule has 43 heavy (non-hydrogen) atoms. The van der Waals surface area contributed by atoms with E-state index in [0.29, 0.717) is 55.1 Å². The number of urea groups is 1. The van der Waals surface area contributed by atoms with Crippen molar-refractivity contribution in [3.63, 3.8) is 0 Å². The summed E-state index contributed by atoms with van der Waals surface area (Å²) in [6.45, 7) is 7.35. The number of morpholine rings is 2. The van der Waals surface area contributed by atoms with Gasteiger partial charge in [-0.25, -0.2) is 9.48 Å². The molecule has 0 radical (unpaired) electrons. The molecule has 2 fully saturated rings. The van der Waals surface area contributed by atoms with Gasteiger partial charge in [0.05, 0.1) is 43.9 Å². The Hall–Kier alpha value is -4.46. The number of benzene rings is 2. The van der Waals surface area contributed by atoms with Gasteiger partial charge in [-0.2, -0.15) is 20.1 Å². The summed E-state index contributed by atoms with van der Waals surface area (Å²) in [4.78, 5) is 31.2. The Kier molecular flexibility index (Phi) is 7.43. The lowest BCUT2D eigenvalue weighted by molar-refractivity contribution is 0.121. The van der Waals surface area contributed by atoms with Gasteiger partial charge in [0.1, 0.15) is 5.82 Å². The lowest BCUT2D eigenvalue weighted by Crippen LogP contribution is -2.40. The van der Waals surface area contributed by atoms with Crippen molar-refractivity contribution in [2.45, 2.75) is 13.0 Å². The van der Waals surface area contributed by atoms with E-state index >= 15 is 0 Å². The number of carbonyl (C=O) groups is 1. The lowest BCUT2D eigenvalue weighted by atomic mass is 9.97. The maximum absolute atomic E-state index is 12.7. The van der Waals surface area contributed by atoms with Crippen molar-refractivity contribution in [1.29, 1.82) is 0 Å². The van der Waals surface area contributed by atoms with Crippen molar-refractivity contribution in [3.05, 3.63) is 70.4 Å². The van der Waals surface area contributed by atoms with Gasteiger partial charge >= 0.3 is 6.03 Å². The second-order valence-corrected chi connectivity index (χ2v) is 10.9. The van der Waals surface area contributed by atoms with Crippen LogP contribution in [0.3, 0.4) is 0 Å². The lowest BCUT2D eigenvalue weighted by Gasteiger charge is -2.30. The first-order valence-corrected chi connectivity index (χ1v) is 14.6. The molecule has 7 rings (SSSR count). The van der Waals surface area contributed by atoms with Crippen LogP contribution in [0.2, 0.25) is 5.02 Å². The number of aryl methyl sites for hydroxylation is 1. The zero-order valence-electron chi connectivity index (χ0n) is 23.6. The van der Waals surface area contributed by atoms with Crippen molar-refractivity contribution < 1.29 is 14.3 Å². The van der Waals surface area contributed by atoms with E-state index in [1.54, 1.807) is 4.68 Å². The summed E-state index contributed by atoms with van der Waals surface area (Å²) < 4.78 is 12.8. The monoisotopic (exact) mass is 602 g/mol. The summed E-state index contributed by atoms with van der Waals surface area (Å²) in [6, 6.07) is 14.5. The summed E-state index contributed by atoms with van der Waals surface area (Å²) in [5.41, 5.74) is 4.17. The molecule has 3 aliphatic rings. The van der Waals surface area contributed by atoms with E-state index in [2.05, 4.69) is 25.8 Å². The predicted octanol–water partition coefficient (Wildman–Crippen LogP) is 3.66. The second kappa shape index (κ2) is 11.7. The second-order valence-electron chi connectivity index (χ2n) is 10.5. The fourth-order valence-electron chi connectivity index (χ4n) is 5.51. The number of fused-ring (bicyclic) bond motifs is 1. The summed E-state index contributed by atoms with van der Waals surface area (Å²) >= 11 is 6.26. The zero-order chi connectivity index (χ0) is 29.3. The maximum Gasteiger partial charge on any atom is 0.321 e. The highest BCUT2D eigenvalue weighted by atomic mass is 35.5. The van der Waals surface area contributed by atoms with Gasteiger partial charge in [0.15, 0.2) is 0 Å². The van der Waals surface area contributed by atoms with Gasteiger partial charge in [0, 0.05) is 42.5 Å². The summed E-state index contributed by atoms with van der Waals surface area (Å²) in [7, 11) is 0. The minimum atomic E-state index is -0.373. The number of nitrogens with one attached hydrogen (secondary N) is 3. The van der Waals surface area contributed by atoms with Crippen molar-refractivity contribution in [1.82, 2.24) is 30.0 Å². The van der Waals surface area contributed by atoms with Crippen LogP contribution >= 0.6 is 11.6 Å². The quantitative estimate of drug-likeness (QED) is 0.300. The number of carbonyl (C=O) groups excluding carboxylic acids is 1. The molecule has 0 aliphatic carbocycles. The summed E-state index contributed by atoms with van der Waals surface area (Å²) in [6.07, 6.45) is 0. The van der Waals surface area contributed by atoms with Crippen LogP contribution in [0.1, 0.15) is 22.9 Å². The van der Waals surface area contributed by atoms with Gasteiger partial charge in [-0.15, -0.1) is 0 Å². The van der Waals surface area contributed by atoms with Crippen molar-refractivity contribution in [3.8, 4) is 5.69 Å². The molecule has 3 N–H and O–H groups in total. The number of aromatic nitrogens is 5. The third kappa shape index (κ3) is 5.66. The molecule has 3 aliphatic heterocycles. The van der Waals surface area contributed by atoms with E-state index in [9.17, 15) is 4.79 Å². The van der Waals surface area contributed by atoms with E-state index < -0.39 is 0 Å². The van der Waals surface area contributed by atoms with E-state index in [-0.39, 0.29) is 12.1 Å². The number of halogens is 1. The van der Waals surface area contributed by atoms with Gasteiger partial charge in [-0.1, -0.05) is 23.7 Å². The highest BCUT2D eigenvalue weighted by molar-refractivity contribution is 6.30. The van der Waals surface area contributed by atoms with E-state index in [0.717, 1.165) is 54.4 Å². The van der Waals surface area contributed by atoms with Gasteiger partial charge in [0.2, 0.25) is 17.8 Å². The Labute approximate surface area is 253 Å². The van der Waals surface area contributed by atoms with Crippen LogP contribution in [-0.2, 0) is 9.47 Å². The minimum Gasteiger partial charge on any atom is -0.378 e. The minimum absolute atomic E-state index is 0.307. The van der Waals surface area contributed by atoms with Gasteiger partial charge in [-0.3, -0.25) is 5.32 Å². The fraction of sp³-hybridized carbons (Fsp3) is 0.345. The topological polar surface area (TPSA) is 135 Å². The average Bonchev–Trinajstić information content (AvgIpc) is 3.37. The van der Waals surface area contributed by atoms with Crippen LogP contribution in [0, 0.1) is 6.92 Å². The van der Waals surface area contributed by atoms with Gasteiger partial charge < -0.3 is 29.9 Å². The van der Waals surface area contributed by atoms with Gasteiger partial charge in [0.25, 0.3) is 0 Å². The molecule has 5 heterocycles. The smallest absolute Gasteiger partial charge is 0.321 e. The number of hydrogen-bond acceptors (Lipinski definition) is 10. The number of ether oxygens (including phenoxy) is 2. The molecule has 14 heteroatoms. The summed E-state index contributed by atoms with van der Waals surface area (Å²) in [5, 5.41) is 14.7. The first kappa shape index (κ1) is 27.4. The molecule has 2 aromatic heterocycles. The SMILES string of the molecule is Cc1nn(-c2ccc(Nc3nc(N4CCOCC4)nc(N4CCOCC4)n3)cc2)c2c1C(c1cccc(Cl)c1)NC(=O)N2. The molecule has 1 unspecified atom stereocenters. The van der Waals surface area contributed by atoms with E-state index in [1.807, 2.05) is 55.5 Å². The molecule has 2 saturated heterocycles. The third-order valence-corrected chi connectivity index (χ3v) is 7.89. The molecule has 0 spiro atoms. The van der Waals surface area contributed by atoms with Crippen molar-refractivity contribution >= 4 is 47.0 Å². The highest BCUT2D eigenvalue weighted by Gasteiger charge is 2.32. The number of anilines is 5. The predicted molar refractivity (Wildman–Crippen MR) is 163 cm³/mol. The first-order chi connectivity index (χ1) is 21.0. The third-order valence-electron chi connectivity index (χ3n) is 7.65. The number of nitrogens with zero attached hydrogens (tertiary/aromatic N) is 7. The molecule has 2 amide bonds. The fourth-order valence-corrected chi connectivity index (χ4v) is 5.71. The van der Waals surface area contributed by atoms with Crippen LogP contribution in [0.5, 0.6) is 0 Å². The zero-order valence-corrected chi connectivity index (χ0v) is 24.3. The summed E-state index contributed by atoms with van der Waals surface area (Å²) in [5.74, 6) is 2.32. The Morgan fingerprint density at radius 3 is 2.19 bits per heavy atom.